The van der Waals surface area contributed by atoms with Gasteiger partial charge in [-0.15, -0.1) is 0 Å². The Bertz CT molecular complexity index is 652. The lowest BCUT2D eigenvalue weighted by molar-refractivity contribution is -0.385. The van der Waals surface area contributed by atoms with Gasteiger partial charge >= 0.3 is 5.97 Å². The summed E-state index contributed by atoms with van der Waals surface area (Å²) in [6.07, 6.45) is 0. The number of non-ortho nitro benzene ring substituents is 1. The normalized spacial score (nSPS) is 10.1. The van der Waals surface area contributed by atoms with Crippen molar-refractivity contribution >= 4 is 23.3 Å². The van der Waals surface area contributed by atoms with Crippen molar-refractivity contribution in [2.45, 2.75) is 6.61 Å². The van der Waals surface area contributed by atoms with E-state index in [0.29, 0.717) is 16.3 Å². The van der Waals surface area contributed by atoms with Crippen LogP contribution in [0.3, 0.4) is 0 Å². The van der Waals surface area contributed by atoms with Crippen LogP contribution in [0.2, 0.25) is 5.02 Å². The lowest BCUT2D eigenvalue weighted by Crippen LogP contribution is -2.03. The van der Waals surface area contributed by atoms with Gasteiger partial charge in [0.25, 0.3) is 5.69 Å². The van der Waals surface area contributed by atoms with Crippen LogP contribution < -0.4 is 4.74 Å². The smallest absolute Gasteiger partial charge is 0.335 e. The monoisotopic (exact) mass is 307 g/mol. The molecule has 2 aromatic carbocycles. The van der Waals surface area contributed by atoms with E-state index in [4.69, 9.17) is 21.4 Å². The zero-order chi connectivity index (χ0) is 15.4. The van der Waals surface area contributed by atoms with Crippen molar-refractivity contribution in [2.75, 3.05) is 0 Å². The molecule has 0 heterocycles. The van der Waals surface area contributed by atoms with E-state index in [2.05, 4.69) is 0 Å². The molecule has 0 bridgehead atoms. The van der Waals surface area contributed by atoms with Gasteiger partial charge in [0.15, 0.2) is 0 Å². The number of halogens is 1. The fourth-order valence-electron chi connectivity index (χ4n) is 1.68. The second-order valence-corrected chi connectivity index (χ2v) is 4.63. The van der Waals surface area contributed by atoms with Crippen LogP contribution in [0.4, 0.5) is 5.69 Å². The number of hydrogen-bond acceptors (Lipinski definition) is 4. The molecule has 0 aliphatic carbocycles. The zero-order valence-corrected chi connectivity index (χ0v) is 11.4. The highest BCUT2D eigenvalue weighted by molar-refractivity contribution is 6.30. The van der Waals surface area contributed by atoms with E-state index in [0.717, 1.165) is 6.07 Å². The van der Waals surface area contributed by atoms with Gasteiger partial charge in [-0.25, -0.2) is 4.79 Å². The van der Waals surface area contributed by atoms with Crippen molar-refractivity contribution in [2.24, 2.45) is 0 Å². The van der Waals surface area contributed by atoms with Crippen LogP contribution in [-0.2, 0) is 6.61 Å². The fraction of sp³-hybridized carbons (Fsp3) is 0.0714. The maximum atomic E-state index is 11.0. The molecule has 6 nitrogen and oxygen atoms in total. The molecule has 0 saturated carbocycles. The topological polar surface area (TPSA) is 89.7 Å². The molecule has 0 saturated heterocycles. The Hall–Kier alpha value is -2.60. The van der Waals surface area contributed by atoms with Gasteiger partial charge in [0, 0.05) is 17.2 Å². The number of carboxylic acid groups (broad SMARTS) is 1. The molecule has 0 spiro atoms. The molecule has 0 unspecified atom stereocenters. The third-order valence-electron chi connectivity index (χ3n) is 2.65. The minimum absolute atomic E-state index is 0.0175. The summed E-state index contributed by atoms with van der Waals surface area (Å²) in [6, 6.07) is 10.2. The summed E-state index contributed by atoms with van der Waals surface area (Å²) in [5.41, 5.74) is -0.0416. The number of carbonyl (C=O) groups is 1. The van der Waals surface area contributed by atoms with E-state index in [1.54, 1.807) is 24.3 Å². The Morgan fingerprint density at radius 3 is 2.48 bits per heavy atom. The molecular weight excluding hydrogens is 298 g/mol. The van der Waals surface area contributed by atoms with Crippen LogP contribution in [-0.4, -0.2) is 16.0 Å². The van der Waals surface area contributed by atoms with Crippen LogP contribution in [0.5, 0.6) is 5.75 Å². The van der Waals surface area contributed by atoms with Crippen molar-refractivity contribution in [3.05, 3.63) is 68.7 Å². The second kappa shape index (κ2) is 6.23. The minimum atomic E-state index is -1.23. The molecule has 2 rings (SSSR count). The van der Waals surface area contributed by atoms with Crippen molar-refractivity contribution < 1.29 is 19.6 Å². The van der Waals surface area contributed by atoms with Crippen LogP contribution in [0, 0.1) is 10.1 Å². The Morgan fingerprint density at radius 2 is 1.90 bits per heavy atom. The molecule has 1 N–H and O–H groups in total. The quantitative estimate of drug-likeness (QED) is 0.674. The summed E-state index contributed by atoms with van der Waals surface area (Å²) in [6.45, 7) is 0.0175. The maximum absolute atomic E-state index is 11.0. The molecule has 0 aliphatic heterocycles. The number of carboxylic acids is 1. The molecule has 7 heteroatoms. The number of nitro groups is 1. The van der Waals surface area contributed by atoms with E-state index in [1.807, 2.05) is 0 Å². The van der Waals surface area contributed by atoms with Crippen LogP contribution in [0.1, 0.15) is 15.9 Å². The number of nitro benzene ring substituents is 1. The number of aromatic carboxylic acids is 1. The summed E-state index contributed by atoms with van der Waals surface area (Å²) >= 11 is 5.74. The van der Waals surface area contributed by atoms with Gasteiger partial charge < -0.3 is 9.84 Å². The third kappa shape index (κ3) is 3.93. The Morgan fingerprint density at radius 1 is 1.24 bits per heavy atom. The van der Waals surface area contributed by atoms with Crippen LogP contribution in [0.25, 0.3) is 0 Å². The molecule has 0 fully saturated rings. The Kier molecular flexibility index (Phi) is 4.39. The minimum Gasteiger partial charge on any atom is -0.489 e. The summed E-state index contributed by atoms with van der Waals surface area (Å²) in [7, 11) is 0. The standard InChI is InChI=1S/C14H10ClNO5/c15-11-1-3-13(4-2-11)21-8-9-5-10(14(17)18)7-12(6-9)16(19)20/h1-7H,8H2,(H,17,18). The zero-order valence-electron chi connectivity index (χ0n) is 10.7. The molecule has 21 heavy (non-hydrogen) atoms. The first kappa shape index (κ1) is 14.8. The van der Waals surface area contributed by atoms with Crippen LogP contribution in [0.15, 0.2) is 42.5 Å². The van der Waals surface area contributed by atoms with Gasteiger partial charge in [-0.1, -0.05) is 11.6 Å². The average Bonchev–Trinajstić information content (AvgIpc) is 2.46. The molecule has 0 aliphatic rings. The van der Waals surface area contributed by atoms with E-state index in [9.17, 15) is 14.9 Å². The number of benzene rings is 2. The van der Waals surface area contributed by atoms with E-state index in [-0.39, 0.29) is 17.9 Å². The predicted octanol–water partition coefficient (Wildman–Crippen LogP) is 3.53. The first-order valence-electron chi connectivity index (χ1n) is 5.86. The molecule has 0 amide bonds. The first-order chi connectivity index (χ1) is 9.95. The second-order valence-electron chi connectivity index (χ2n) is 4.19. The number of nitrogens with zero attached hydrogens (tertiary/aromatic N) is 1. The number of rotatable bonds is 5. The largest absolute Gasteiger partial charge is 0.489 e. The summed E-state index contributed by atoms with van der Waals surface area (Å²) < 4.78 is 5.44. The molecule has 0 atom stereocenters. The highest BCUT2D eigenvalue weighted by Crippen LogP contribution is 2.20. The van der Waals surface area contributed by atoms with Gasteiger partial charge in [-0.3, -0.25) is 10.1 Å². The van der Waals surface area contributed by atoms with Crippen molar-refractivity contribution in [1.29, 1.82) is 0 Å². The first-order valence-corrected chi connectivity index (χ1v) is 6.23. The highest BCUT2D eigenvalue weighted by atomic mass is 35.5. The number of ether oxygens (including phenoxy) is 1. The average molecular weight is 308 g/mol. The van der Waals surface area contributed by atoms with Gasteiger partial charge in [0.2, 0.25) is 0 Å². The van der Waals surface area contributed by atoms with Gasteiger partial charge in [0.1, 0.15) is 12.4 Å². The molecule has 2 aromatic rings. The van der Waals surface area contributed by atoms with Crippen molar-refractivity contribution in [3.63, 3.8) is 0 Å². The van der Waals surface area contributed by atoms with Crippen molar-refractivity contribution in [1.82, 2.24) is 0 Å². The van der Waals surface area contributed by atoms with E-state index >= 15 is 0 Å². The summed E-state index contributed by atoms with van der Waals surface area (Å²) in [5.74, 6) is -0.700. The lowest BCUT2D eigenvalue weighted by atomic mass is 10.1. The highest BCUT2D eigenvalue weighted by Gasteiger charge is 2.14. The predicted molar refractivity (Wildman–Crippen MR) is 75.8 cm³/mol. The molecule has 0 aromatic heterocycles. The van der Waals surface area contributed by atoms with E-state index < -0.39 is 10.9 Å². The molecular formula is C14H10ClNO5. The lowest BCUT2D eigenvalue weighted by Gasteiger charge is -2.07. The maximum Gasteiger partial charge on any atom is 0.335 e. The summed E-state index contributed by atoms with van der Waals surface area (Å²) in [4.78, 5) is 21.1. The van der Waals surface area contributed by atoms with Crippen molar-refractivity contribution in [3.8, 4) is 5.75 Å². The fourth-order valence-corrected chi connectivity index (χ4v) is 1.81. The van der Waals surface area contributed by atoms with Crippen LogP contribution >= 0.6 is 11.6 Å². The number of hydrogen-bond donors (Lipinski definition) is 1. The SMILES string of the molecule is O=C(O)c1cc(COc2ccc(Cl)cc2)cc([N+](=O)[O-])c1. The summed E-state index contributed by atoms with van der Waals surface area (Å²) in [5, 5.41) is 20.3. The molecule has 108 valence electrons. The Labute approximate surface area is 124 Å². The van der Waals surface area contributed by atoms with Gasteiger partial charge in [0.05, 0.1) is 10.5 Å². The van der Waals surface area contributed by atoms with Gasteiger partial charge in [-0.2, -0.15) is 0 Å². The van der Waals surface area contributed by atoms with Gasteiger partial charge in [-0.05, 0) is 35.9 Å². The van der Waals surface area contributed by atoms with E-state index in [1.165, 1.54) is 12.1 Å². The third-order valence-corrected chi connectivity index (χ3v) is 2.91. The molecule has 0 radical (unpaired) electrons. The Balaban J connectivity index is 2.20.